The van der Waals surface area contributed by atoms with Gasteiger partial charge in [-0.1, -0.05) is 38.4 Å². The average Bonchev–Trinajstić information content (AvgIpc) is 3.05. The topological polar surface area (TPSA) is 73.4 Å². The Labute approximate surface area is 192 Å². The minimum atomic E-state index is -0.631. The number of rotatable bonds is 4. The summed E-state index contributed by atoms with van der Waals surface area (Å²) in [7, 11) is 0. The van der Waals surface area contributed by atoms with Crippen LogP contribution in [0.15, 0.2) is 35.3 Å². The number of nitrogens with one attached hydrogen (secondary N) is 1. The summed E-state index contributed by atoms with van der Waals surface area (Å²) in [5.41, 5.74) is 4.12. The van der Waals surface area contributed by atoms with Crippen molar-refractivity contribution in [1.82, 2.24) is 9.97 Å². The molecule has 0 spiro atoms. The van der Waals surface area contributed by atoms with Crippen LogP contribution < -0.4 is 10.2 Å². The quantitative estimate of drug-likeness (QED) is 0.570. The van der Waals surface area contributed by atoms with Crippen molar-refractivity contribution in [2.45, 2.75) is 58.8 Å². The number of benzene rings is 1. The Balaban J connectivity index is 1.68. The van der Waals surface area contributed by atoms with E-state index in [4.69, 9.17) is 25.8 Å². The van der Waals surface area contributed by atoms with Gasteiger partial charge in [-0.25, -0.2) is 4.98 Å². The number of aromatic amines is 1. The van der Waals surface area contributed by atoms with E-state index in [0.717, 1.165) is 16.7 Å². The summed E-state index contributed by atoms with van der Waals surface area (Å²) in [6, 6.07) is 7.36. The second-order valence-electron chi connectivity index (χ2n) is 9.74. The number of aromatic nitrogens is 2. The Morgan fingerprint density at radius 3 is 2.69 bits per heavy atom. The molecule has 1 fully saturated rings. The van der Waals surface area contributed by atoms with Crippen LogP contribution in [-0.4, -0.2) is 35.1 Å². The van der Waals surface area contributed by atoms with E-state index in [9.17, 15) is 4.79 Å². The van der Waals surface area contributed by atoms with Gasteiger partial charge in [0.1, 0.15) is 18.1 Å². The maximum Gasteiger partial charge on any atom is 0.226 e. The molecule has 6 nitrogen and oxygen atoms in total. The lowest BCUT2D eigenvalue weighted by Crippen LogP contribution is -2.25. The molecule has 1 aromatic carbocycles. The van der Waals surface area contributed by atoms with Crippen LogP contribution in [0, 0.1) is 6.92 Å². The molecule has 0 saturated carbocycles. The summed E-state index contributed by atoms with van der Waals surface area (Å²) in [6.07, 6.45) is 1.40. The fourth-order valence-electron chi connectivity index (χ4n) is 3.99. The highest BCUT2D eigenvalue weighted by Gasteiger charge is 2.33. The van der Waals surface area contributed by atoms with Crippen molar-refractivity contribution in [3.8, 4) is 17.1 Å². The van der Waals surface area contributed by atoms with E-state index in [1.807, 2.05) is 26.8 Å². The number of halogens is 1. The molecule has 1 atom stereocenters. The third kappa shape index (κ3) is 4.53. The molecule has 0 unspecified atom stereocenters. The zero-order chi connectivity index (χ0) is 23.3. The Kier molecular flexibility index (Phi) is 5.82. The Morgan fingerprint density at radius 2 is 2.03 bits per heavy atom. The molecule has 1 N–H and O–H groups in total. The van der Waals surface area contributed by atoms with Crippen LogP contribution >= 0.6 is 11.6 Å². The van der Waals surface area contributed by atoms with Crippen LogP contribution in [0.5, 0.6) is 5.88 Å². The molecule has 4 rings (SSSR count). The molecule has 2 aromatic heterocycles. The molecule has 1 aliphatic heterocycles. The monoisotopic (exact) mass is 456 g/mol. The maximum atomic E-state index is 13.1. The standard InChI is InChI=1S/C25H29ClN2O4/c1-14-9-17(24(2,3)4)18(26)10-16(14)20-11-21(29)22-19(28-20)7-8-27-23(22)30-12-15-13-31-25(5,6)32-15/h7-11,15H,12-13H2,1-6H3,(H,28,29)/t15-/m1/s1. The number of H-pyrrole nitrogens is 1. The average molecular weight is 457 g/mol. The van der Waals surface area contributed by atoms with Crippen LogP contribution in [-0.2, 0) is 14.9 Å². The van der Waals surface area contributed by atoms with Crippen molar-refractivity contribution >= 4 is 22.5 Å². The first-order valence-corrected chi connectivity index (χ1v) is 11.1. The lowest BCUT2D eigenvalue weighted by molar-refractivity contribution is -0.141. The molecule has 0 bridgehead atoms. The second kappa shape index (κ2) is 8.18. The maximum absolute atomic E-state index is 13.1. The predicted octanol–water partition coefficient (Wildman–Crippen LogP) is 5.38. The van der Waals surface area contributed by atoms with Crippen LogP contribution in [0.2, 0.25) is 5.02 Å². The Bertz CT molecular complexity index is 1230. The largest absolute Gasteiger partial charge is 0.474 e. The third-order valence-corrected chi connectivity index (χ3v) is 5.91. The first kappa shape index (κ1) is 22.8. The highest BCUT2D eigenvalue weighted by Crippen LogP contribution is 2.35. The van der Waals surface area contributed by atoms with Gasteiger partial charge in [-0.3, -0.25) is 4.79 Å². The lowest BCUT2D eigenvalue weighted by Gasteiger charge is -2.22. The van der Waals surface area contributed by atoms with Crippen LogP contribution in [0.1, 0.15) is 45.7 Å². The summed E-state index contributed by atoms with van der Waals surface area (Å²) in [5, 5.41) is 1.09. The van der Waals surface area contributed by atoms with Crippen molar-refractivity contribution < 1.29 is 14.2 Å². The van der Waals surface area contributed by atoms with Crippen molar-refractivity contribution in [3.05, 3.63) is 56.8 Å². The van der Waals surface area contributed by atoms with E-state index in [-0.39, 0.29) is 29.4 Å². The van der Waals surface area contributed by atoms with E-state index < -0.39 is 5.79 Å². The smallest absolute Gasteiger partial charge is 0.226 e. The molecule has 32 heavy (non-hydrogen) atoms. The minimum absolute atomic E-state index is 0.0711. The molecule has 170 valence electrons. The molecule has 3 heterocycles. The minimum Gasteiger partial charge on any atom is -0.474 e. The number of aryl methyl sites for hydroxylation is 1. The highest BCUT2D eigenvalue weighted by atomic mass is 35.5. The molecule has 0 radical (unpaired) electrons. The SMILES string of the molecule is Cc1cc(C(C)(C)C)c(Cl)cc1-c1cc(=O)c2c(OC[C@@H]3COC(C)(C)O3)nccc2[nH]1. The molecule has 7 heteroatoms. The first-order valence-electron chi connectivity index (χ1n) is 10.7. The number of nitrogens with zero attached hydrogens (tertiary/aromatic N) is 1. The summed E-state index contributed by atoms with van der Waals surface area (Å²) >= 11 is 6.60. The van der Waals surface area contributed by atoms with Gasteiger partial charge in [0, 0.05) is 22.8 Å². The fourth-order valence-corrected chi connectivity index (χ4v) is 4.43. The van der Waals surface area contributed by atoms with Gasteiger partial charge in [-0.2, -0.15) is 0 Å². The van der Waals surface area contributed by atoms with E-state index in [1.54, 1.807) is 18.3 Å². The van der Waals surface area contributed by atoms with E-state index >= 15 is 0 Å². The third-order valence-electron chi connectivity index (χ3n) is 5.59. The zero-order valence-corrected chi connectivity index (χ0v) is 20.1. The molecule has 0 amide bonds. The van der Waals surface area contributed by atoms with Gasteiger partial charge >= 0.3 is 0 Å². The number of hydrogen-bond acceptors (Lipinski definition) is 5. The van der Waals surface area contributed by atoms with Crippen LogP contribution in [0.25, 0.3) is 22.2 Å². The second-order valence-corrected chi connectivity index (χ2v) is 10.2. The number of ether oxygens (including phenoxy) is 3. The van der Waals surface area contributed by atoms with Crippen molar-refractivity contribution in [1.29, 1.82) is 0 Å². The highest BCUT2D eigenvalue weighted by molar-refractivity contribution is 6.31. The molecular formula is C25H29ClN2O4. The summed E-state index contributed by atoms with van der Waals surface area (Å²) in [4.78, 5) is 20.7. The van der Waals surface area contributed by atoms with E-state index in [1.165, 1.54) is 0 Å². The zero-order valence-electron chi connectivity index (χ0n) is 19.3. The van der Waals surface area contributed by atoms with Crippen molar-refractivity contribution in [3.63, 3.8) is 0 Å². The molecule has 0 aliphatic carbocycles. The van der Waals surface area contributed by atoms with Gasteiger partial charge in [0.2, 0.25) is 5.88 Å². The van der Waals surface area contributed by atoms with E-state index in [0.29, 0.717) is 28.2 Å². The molecular weight excluding hydrogens is 428 g/mol. The van der Waals surface area contributed by atoms with Gasteiger partial charge in [-0.15, -0.1) is 0 Å². The van der Waals surface area contributed by atoms with Gasteiger partial charge in [-0.05, 0) is 49.4 Å². The number of fused-ring (bicyclic) bond motifs is 1. The van der Waals surface area contributed by atoms with Gasteiger partial charge < -0.3 is 19.2 Å². The number of pyridine rings is 2. The normalized spacial score (nSPS) is 18.3. The molecule has 1 saturated heterocycles. The molecule has 3 aromatic rings. The van der Waals surface area contributed by atoms with Crippen LogP contribution in [0.3, 0.4) is 0 Å². The summed E-state index contributed by atoms with van der Waals surface area (Å²) in [6.45, 7) is 12.8. The van der Waals surface area contributed by atoms with Gasteiger partial charge in [0.05, 0.1) is 17.8 Å². The fraction of sp³-hybridized carbons (Fsp3) is 0.440. The predicted molar refractivity (Wildman–Crippen MR) is 127 cm³/mol. The number of hydrogen-bond donors (Lipinski definition) is 1. The Hall–Kier alpha value is -2.41. The van der Waals surface area contributed by atoms with Crippen molar-refractivity contribution in [2.24, 2.45) is 0 Å². The summed E-state index contributed by atoms with van der Waals surface area (Å²) in [5.74, 6) is -0.352. The van der Waals surface area contributed by atoms with Gasteiger partial charge in [0.25, 0.3) is 0 Å². The lowest BCUT2D eigenvalue weighted by atomic mass is 9.85. The van der Waals surface area contributed by atoms with Gasteiger partial charge in [0.15, 0.2) is 11.2 Å². The first-order chi connectivity index (χ1) is 14.9. The summed E-state index contributed by atoms with van der Waals surface area (Å²) < 4.78 is 17.2. The van der Waals surface area contributed by atoms with Crippen LogP contribution in [0.4, 0.5) is 0 Å². The molecule has 1 aliphatic rings. The van der Waals surface area contributed by atoms with Crippen molar-refractivity contribution in [2.75, 3.05) is 13.2 Å². The Morgan fingerprint density at radius 1 is 1.28 bits per heavy atom. The van der Waals surface area contributed by atoms with E-state index in [2.05, 4.69) is 36.8 Å².